The maximum Gasteiger partial charge on any atom is 0.126 e. The van der Waals surface area contributed by atoms with Crippen molar-refractivity contribution in [3.63, 3.8) is 0 Å². The Morgan fingerprint density at radius 3 is 1.80 bits per heavy atom. The number of halogens is 3. The molecule has 1 aromatic rings. The maximum atomic E-state index is 12.9. The van der Waals surface area contributed by atoms with Gasteiger partial charge in [0.05, 0.1) is 0 Å². The molecule has 0 heterocycles. The minimum absolute atomic E-state index is 0. The third kappa shape index (κ3) is 3.76. The molecule has 86 valence electrons. The van der Waals surface area contributed by atoms with Crippen molar-refractivity contribution >= 4 is 12.4 Å². The van der Waals surface area contributed by atoms with Crippen LogP contribution in [0.5, 0.6) is 0 Å². The summed E-state index contributed by atoms with van der Waals surface area (Å²) in [5.74, 6) is -1.17. The first kappa shape index (κ1) is 14.3. The summed E-state index contributed by atoms with van der Waals surface area (Å²) in [5, 5.41) is 0. The lowest BCUT2D eigenvalue weighted by atomic mass is 9.83. The van der Waals surface area contributed by atoms with Crippen molar-refractivity contribution in [1.29, 1.82) is 0 Å². The summed E-state index contributed by atoms with van der Waals surface area (Å²) >= 11 is 0. The highest BCUT2D eigenvalue weighted by molar-refractivity contribution is 5.85. The number of hydrogen-bond acceptors (Lipinski definition) is 1. The standard InChI is InChI=1S/C11H15F2N.ClH/c1-11(2,3)10(14)7-4-8(12)6-9(13)5-7;/h4-6,10H,14H2,1-3H3;1H/t10-;/m1./s1. The van der Waals surface area contributed by atoms with Gasteiger partial charge in [0.2, 0.25) is 0 Å². The topological polar surface area (TPSA) is 26.0 Å². The summed E-state index contributed by atoms with van der Waals surface area (Å²) in [5.41, 5.74) is 6.16. The minimum Gasteiger partial charge on any atom is -0.324 e. The predicted molar refractivity (Wildman–Crippen MR) is 60.0 cm³/mol. The van der Waals surface area contributed by atoms with Crippen LogP contribution in [0.15, 0.2) is 18.2 Å². The van der Waals surface area contributed by atoms with Gasteiger partial charge in [-0.1, -0.05) is 20.8 Å². The summed E-state index contributed by atoms with van der Waals surface area (Å²) in [6, 6.07) is 3.03. The van der Waals surface area contributed by atoms with Crippen molar-refractivity contribution < 1.29 is 8.78 Å². The minimum atomic E-state index is -0.584. The molecule has 0 saturated carbocycles. The molecule has 0 aromatic heterocycles. The highest BCUT2D eigenvalue weighted by Gasteiger charge is 2.23. The van der Waals surface area contributed by atoms with Gasteiger partial charge >= 0.3 is 0 Å². The van der Waals surface area contributed by atoms with E-state index in [4.69, 9.17) is 5.73 Å². The Bertz CT molecular complexity index is 314. The fraction of sp³-hybridized carbons (Fsp3) is 0.455. The number of benzene rings is 1. The molecule has 0 radical (unpaired) electrons. The number of nitrogens with two attached hydrogens (primary N) is 1. The Labute approximate surface area is 95.1 Å². The molecular weight excluding hydrogens is 220 g/mol. The van der Waals surface area contributed by atoms with Crippen LogP contribution in [0.3, 0.4) is 0 Å². The quantitative estimate of drug-likeness (QED) is 0.793. The largest absolute Gasteiger partial charge is 0.324 e. The second kappa shape index (κ2) is 4.90. The lowest BCUT2D eigenvalue weighted by Crippen LogP contribution is -2.26. The Kier molecular flexibility index (Phi) is 4.68. The molecule has 0 saturated heterocycles. The van der Waals surface area contributed by atoms with Gasteiger partial charge in [0.1, 0.15) is 11.6 Å². The van der Waals surface area contributed by atoms with Gasteiger partial charge in [0, 0.05) is 12.1 Å². The first-order chi connectivity index (χ1) is 6.30. The summed E-state index contributed by atoms with van der Waals surface area (Å²) in [6.45, 7) is 5.79. The second-order valence-electron chi connectivity index (χ2n) is 4.55. The van der Waals surface area contributed by atoms with Crippen LogP contribution >= 0.6 is 12.4 Å². The van der Waals surface area contributed by atoms with E-state index in [9.17, 15) is 8.78 Å². The van der Waals surface area contributed by atoms with Crippen molar-refractivity contribution in [3.05, 3.63) is 35.4 Å². The molecule has 0 aliphatic rings. The molecule has 0 amide bonds. The van der Waals surface area contributed by atoms with Gasteiger partial charge < -0.3 is 5.73 Å². The van der Waals surface area contributed by atoms with Gasteiger partial charge in [-0.25, -0.2) is 8.78 Å². The van der Waals surface area contributed by atoms with Crippen LogP contribution in [0.25, 0.3) is 0 Å². The van der Waals surface area contributed by atoms with Crippen molar-refractivity contribution in [2.24, 2.45) is 11.1 Å². The van der Waals surface area contributed by atoms with Crippen LogP contribution < -0.4 is 5.73 Å². The number of rotatable bonds is 1. The van der Waals surface area contributed by atoms with E-state index in [0.29, 0.717) is 5.56 Å². The van der Waals surface area contributed by atoms with Crippen molar-refractivity contribution in [2.45, 2.75) is 26.8 Å². The van der Waals surface area contributed by atoms with E-state index >= 15 is 0 Å². The molecule has 1 atom stereocenters. The fourth-order valence-corrected chi connectivity index (χ4v) is 1.25. The van der Waals surface area contributed by atoms with Gasteiger partial charge in [0.15, 0.2) is 0 Å². The van der Waals surface area contributed by atoms with Crippen LogP contribution in [-0.2, 0) is 0 Å². The first-order valence-corrected chi connectivity index (χ1v) is 4.52. The third-order valence-corrected chi connectivity index (χ3v) is 2.18. The van der Waals surface area contributed by atoms with E-state index in [1.807, 2.05) is 20.8 Å². The Morgan fingerprint density at radius 1 is 1.07 bits per heavy atom. The zero-order chi connectivity index (χ0) is 10.9. The lowest BCUT2D eigenvalue weighted by Gasteiger charge is -2.27. The molecule has 0 fully saturated rings. The molecule has 4 heteroatoms. The normalized spacial score (nSPS) is 13.2. The second-order valence-corrected chi connectivity index (χ2v) is 4.55. The molecule has 1 nitrogen and oxygen atoms in total. The van der Waals surface area contributed by atoms with E-state index in [2.05, 4.69) is 0 Å². The first-order valence-electron chi connectivity index (χ1n) is 4.52. The zero-order valence-corrected chi connectivity index (χ0v) is 9.87. The molecule has 0 unspecified atom stereocenters. The lowest BCUT2D eigenvalue weighted by molar-refractivity contribution is 0.325. The van der Waals surface area contributed by atoms with E-state index in [0.717, 1.165) is 6.07 Å². The smallest absolute Gasteiger partial charge is 0.126 e. The average Bonchev–Trinajstić information content (AvgIpc) is 1.99. The fourth-order valence-electron chi connectivity index (χ4n) is 1.25. The summed E-state index contributed by atoms with van der Waals surface area (Å²) in [7, 11) is 0. The number of hydrogen-bond donors (Lipinski definition) is 1. The summed E-state index contributed by atoms with van der Waals surface area (Å²) in [6.07, 6.45) is 0. The molecule has 15 heavy (non-hydrogen) atoms. The van der Waals surface area contributed by atoms with E-state index in [1.54, 1.807) is 0 Å². The van der Waals surface area contributed by atoms with Gasteiger partial charge in [-0.05, 0) is 23.1 Å². The summed E-state index contributed by atoms with van der Waals surface area (Å²) in [4.78, 5) is 0. The van der Waals surface area contributed by atoms with Crippen LogP contribution in [0, 0.1) is 17.0 Å². The van der Waals surface area contributed by atoms with Crippen LogP contribution in [0.1, 0.15) is 32.4 Å². The molecule has 1 aromatic carbocycles. The Morgan fingerprint density at radius 2 is 1.47 bits per heavy atom. The third-order valence-electron chi connectivity index (χ3n) is 2.18. The molecule has 0 aliphatic heterocycles. The van der Waals surface area contributed by atoms with Gasteiger partial charge in [-0.15, -0.1) is 12.4 Å². The van der Waals surface area contributed by atoms with Crippen LogP contribution in [-0.4, -0.2) is 0 Å². The molecule has 1 rings (SSSR count). The Hall–Kier alpha value is -0.670. The molecule has 0 aliphatic carbocycles. The van der Waals surface area contributed by atoms with E-state index in [-0.39, 0.29) is 23.9 Å². The van der Waals surface area contributed by atoms with Crippen LogP contribution in [0.4, 0.5) is 8.78 Å². The van der Waals surface area contributed by atoms with Gasteiger partial charge in [-0.3, -0.25) is 0 Å². The summed E-state index contributed by atoms with van der Waals surface area (Å²) < 4.78 is 25.8. The van der Waals surface area contributed by atoms with Crippen LogP contribution in [0.2, 0.25) is 0 Å². The average molecular weight is 236 g/mol. The zero-order valence-electron chi connectivity index (χ0n) is 9.05. The van der Waals surface area contributed by atoms with Gasteiger partial charge in [-0.2, -0.15) is 0 Å². The Balaban J connectivity index is 0.00000196. The SMILES string of the molecule is CC(C)(C)[C@H](N)c1cc(F)cc(F)c1.Cl. The highest BCUT2D eigenvalue weighted by atomic mass is 35.5. The predicted octanol–water partition coefficient (Wildman–Crippen LogP) is 3.43. The van der Waals surface area contributed by atoms with E-state index < -0.39 is 11.6 Å². The molecule has 0 bridgehead atoms. The van der Waals surface area contributed by atoms with Gasteiger partial charge in [0.25, 0.3) is 0 Å². The molecule has 0 spiro atoms. The van der Waals surface area contributed by atoms with Crippen molar-refractivity contribution in [2.75, 3.05) is 0 Å². The van der Waals surface area contributed by atoms with E-state index in [1.165, 1.54) is 12.1 Å². The van der Waals surface area contributed by atoms with Crippen molar-refractivity contribution in [3.8, 4) is 0 Å². The monoisotopic (exact) mass is 235 g/mol. The highest BCUT2D eigenvalue weighted by Crippen LogP contribution is 2.30. The maximum absolute atomic E-state index is 12.9. The molecular formula is C11H16ClF2N. The van der Waals surface area contributed by atoms with Crippen molar-refractivity contribution in [1.82, 2.24) is 0 Å². The molecule has 2 N–H and O–H groups in total.